The van der Waals surface area contributed by atoms with Gasteiger partial charge in [-0.1, -0.05) is 46.3 Å². The van der Waals surface area contributed by atoms with Gasteiger partial charge in [0.2, 0.25) is 0 Å². The summed E-state index contributed by atoms with van der Waals surface area (Å²) < 4.78 is 24.6. The van der Waals surface area contributed by atoms with Gasteiger partial charge in [0.15, 0.2) is 0 Å². The van der Waals surface area contributed by atoms with Crippen LogP contribution in [0, 0.1) is 0 Å². The van der Waals surface area contributed by atoms with E-state index in [4.69, 9.17) is 18.0 Å². The molecule has 0 aliphatic heterocycles. The van der Waals surface area contributed by atoms with Gasteiger partial charge in [-0.25, -0.2) is 0 Å². The smallest absolute Gasteiger partial charge is 0.372 e. The molecule has 0 spiro atoms. The zero-order chi connectivity index (χ0) is 16.8. The fraction of sp³-hybridized carbons (Fsp3) is 0.882. The largest absolute Gasteiger partial charge is 0.531 e. The summed E-state index contributed by atoms with van der Waals surface area (Å²) in [5, 5.41) is 0. The molecule has 0 rings (SSSR count). The molecule has 0 aliphatic carbocycles. The van der Waals surface area contributed by atoms with Crippen molar-refractivity contribution in [3.05, 3.63) is 12.2 Å². The number of hydrogen-bond donors (Lipinski definition) is 0. The Morgan fingerprint density at radius 2 is 1.32 bits per heavy atom. The van der Waals surface area contributed by atoms with Crippen molar-refractivity contribution in [2.45, 2.75) is 72.5 Å². The van der Waals surface area contributed by atoms with Crippen LogP contribution in [0.25, 0.3) is 0 Å². The summed E-state index contributed by atoms with van der Waals surface area (Å²) in [6, 6.07) is 0. The van der Waals surface area contributed by atoms with Gasteiger partial charge in [-0.05, 0) is 32.6 Å². The summed E-state index contributed by atoms with van der Waals surface area (Å²) in [7, 11) is -2.84. The van der Waals surface area contributed by atoms with Gasteiger partial charge in [0.1, 0.15) is 5.73 Å². The van der Waals surface area contributed by atoms with E-state index in [1.54, 1.807) is 0 Å². The first-order valence-electron chi connectivity index (χ1n) is 8.74. The predicted molar refractivity (Wildman–Crippen MR) is 93.9 cm³/mol. The minimum atomic E-state index is -2.84. The van der Waals surface area contributed by atoms with Gasteiger partial charge >= 0.3 is 8.80 Å². The molecule has 0 fully saturated rings. The van der Waals surface area contributed by atoms with Gasteiger partial charge in [-0.3, -0.25) is 0 Å². The van der Waals surface area contributed by atoms with E-state index in [9.17, 15) is 0 Å². The Kier molecular flexibility index (Phi) is 13.1. The summed E-state index contributed by atoms with van der Waals surface area (Å²) >= 11 is 0. The van der Waals surface area contributed by atoms with Crippen LogP contribution in [-0.2, 0) is 18.0 Å². The average molecular weight is 333 g/mol. The van der Waals surface area contributed by atoms with Crippen LogP contribution in [0.4, 0.5) is 0 Å². The standard InChI is InChI=1S/C17H36O4Si/c1-7-11-17(18-15-16(5)6)22(19-12-8-2,20-13-9-3)21-14-10-4/h17H,5,7-15H2,1-4,6H3. The third kappa shape index (κ3) is 8.43. The lowest BCUT2D eigenvalue weighted by Crippen LogP contribution is -2.58. The third-order valence-electron chi connectivity index (χ3n) is 3.00. The molecule has 0 aromatic rings. The van der Waals surface area contributed by atoms with Gasteiger partial charge in [0.05, 0.1) is 6.61 Å². The maximum atomic E-state index is 6.17. The van der Waals surface area contributed by atoms with Gasteiger partial charge < -0.3 is 18.0 Å². The molecule has 132 valence electrons. The second-order valence-corrected chi connectivity index (χ2v) is 8.41. The van der Waals surface area contributed by atoms with Crippen molar-refractivity contribution in [1.29, 1.82) is 0 Å². The first kappa shape index (κ1) is 21.8. The molecule has 0 saturated carbocycles. The second kappa shape index (κ2) is 13.3. The van der Waals surface area contributed by atoms with Gasteiger partial charge in [-0.2, -0.15) is 0 Å². The molecule has 0 heterocycles. The first-order chi connectivity index (χ1) is 10.6. The van der Waals surface area contributed by atoms with Gasteiger partial charge in [0, 0.05) is 19.8 Å². The summed E-state index contributed by atoms with van der Waals surface area (Å²) in [6.07, 6.45) is 4.73. The van der Waals surface area contributed by atoms with Crippen molar-refractivity contribution < 1.29 is 18.0 Å². The van der Waals surface area contributed by atoms with Crippen LogP contribution in [0.3, 0.4) is 0 Å². The van der Waals surface area contributed by atoms with Gasteiger partial charge in [0.25, 0.3) is 0 Å². The molecule has 0 saturated heterocycles. The minimum Gasteiger partial charge on any atom is -0.372 e. The van der Waals surface area contributed by atoms with Crippen LogP contribution in [0.1, 0.15) is 66.7 Å². The maximum Gasteiger partial charge on any atom is 0.531 e. The molecule has 0 aromatic heterocycles. The predicted octanol–water partition coefficient (Wildman–Crippen LogP) is 4.51. The fourth-order valence-corrected chi connectivity index (χ4v) is 5.21. The molecule has 1 atom stereocenters. The van der Waals surface area contributed by atoms with Crippen LogP contribution in [0.15, 0.2) is 12.2 Å². The Labute approximate surface area is 138 Å². The first-order valence-corrected chi connectivity index (χ1v) is 10.5. The SMILES string of the molecule is C=C(C)COC(CCC)[Si](OCCC)(OCCC)OCCC. The lowest BCUT2D eigenvalue weighted by atomic mass is 10.3. The van der Waals surface area contributed by atoms with Crippen molar-refractivity contribution in [1.82, 2.24) is 0 Å². The highest BCUT2D eigenvalue weighted by Gasteiger charge is 2.50. The van der Waals surface area contributed by atoms with Gasteiger partial charge in [-0.15, -0.1) is 0 Å². The average Bonchev–Trinajstić information content (AvgIpc) is 2.51. The summed E-state index contributed by atoms with van der Waals surface area (Å²) in [6.45, 7) is 16.8. The van der Waals surface area contributed by atoms with E-state index < -0.39 is 8.80 Å². The van der Waals surface area contributed by atoms with Crippen molar-refractivity contribution >= 4 is 8.80 Å². The van der Waals surface area contributed by atoms with E-state index in [0.717, 1.165) is 37.7 Å². The molecule has 0 amide bonds. The zero-order valence-electron chi connectivity index (χ0n) is 15.3. The molecule has 0 bridgehead atoms. The van der Waals surface area contributed by atoms with Crippen molar-refractivity contribution in [2.24, 2.45) is 0 Å². The molecule has 1 unspecified atom stereocenters. The Bertz CT molecular complexity index is 262. The Balaban J connectivity index is 5.19. The highest BCUT2D eigenvalue weighted by molar-refractivity contribution is 6.62. The molecule has 5 heteroatoms. The maximum absolute atomic E-state index is 6.17. The van der Waals surface area contributed by atoms with E-state index >= 15 is 0 Å². The van der Waals surface area contributed by atoms with Crippen LogP contribution < -0.4 is 0 Å². The molecule has 22 heavy (non-hydrogen) atoms. The minimum absolute atomic E-state index is 0.112. The molecule has 4 nitrogen and oxygen atoms in total. The van der Waals surface area contributed by atoms with Crippen LogP contribution >= 0.6 is 0 Å². The zero-order valence-corrected chi connectivity index (χ0v) is 16.3. The third-order valence-corrected chi connectivity index (χ3v) is 6.06. The summed E-state index contributed by atoms with van der Waals surface area (Å²) in [5.74, 6) is 0. The van der Waals surface area contributed by atoms with E-state index in [0.29, 0.717) is 26.4 Å². The van der Waals surface area contributed by atoms with Crippen LogP contribution in [0.2, 0.25) is 0 Å². The van der Waals surface area contributed by atoms with E-state index in [2.05, 4.69) is 34.3 Å². The molecular weight excluding hydrogens is 296 g/mol. The monoisotopic (exact) mass is 332 g/mol. The molecule has 0 aliphatic rings. The molecular formula is C17H36O4Si. The highest BCUT2D eigenvalue weighted by Crippen LogP contribution is 2.23. The number of rotatable bonds is 15. The van der Waals surface area contributed by atoms with Crippen LogP contribution in [0.5, 0.6) is 0 Å². The van der Waals surface area contributed by atoms with E-state index in [1.807, 2.05) is 6.92 Å². The number of hydrogen-bond acceptors (Lipinski definition) is 4. The van der Waals surface area contributed by atoms with E-state index in [-0.39, 0.29) is 5.73 Å². The summed E-state index contributed by atoms with van der Waals surface area (Å²) in [4.78, 5) is 0. The Morgan fingerprint density at radius 1 is 0.864 bits per heavy atom. The normalized spacial score (nSPS) is 13.3. The van der Waals surface area contributed by atoms with Crippen molar-refractivity contribution in [2.75, 3.05) is 26.4 Å². The molecule has 0 aromatic carbocycles. The Morgan fingerprint density at radius 3 is 1.64 bits per heavy atom. The quantitative estimate of drug-likeness (QED) is 0.327. The molecule has 0 N–H and O–H groups in total. The van der Waals surface area contributed by atoms with Crippen LogP contribution in [-0.4, -0.2) is 41.0 Å². The fourth-order valence-electron chi connectivity index (χ4n) is 2.00. The van der Waals surface area contributed by atoms with E-state index in [1.165, 1.54) is 0 Å². The molecule has 0 radical (unpaired) electrons. The van der Waals surface area contributed by atoms with Crippen molar-refractivity contribution in [3.63, 3.8) is 0 Å². The summed E-state index contributed by atoms with van der Waals surface area (Å²) in [5.41, 5.74) is 0.893. The highest BCUT2D eigenvalue weighted by atomic mass is 28.4. The second-order valence-electron chi connectivity index (χ2n) is 5.69. The number of ether oxygens (including phenoxy) is 1. The Hall–Kier alpha value is -0.203. The van der Waals surface area contributed by atoms with Crippen molar-refractivity contribution in [3.8, 4) is 0 Å². The topological polar surface area (TPSA) is 36.9 Å². The lowest BCUT2D eigenvalue weighted by molar-refractivity contribution is -0.0130. The lowest BCUT2D eigenvalue weighted by Gasteiger charge is -2.35.